The number of rotatable bonds is 7. The predicted octanol–water partition coefficient (Wildman–Crippen LogP) is 4.26. The number of aryl methyl sites for hydroxylation is 1. The molecule has 1 amide bonds. The van der Waals surface area contributed by atoms with Gasteiger partial charge in [0.15, 0.2) is 0 Å². The van der Waals surface area contributed by atoms with E-state index in [0.29, 0.717) is 18.7 Å². The summed E-state index contributed by atoms with van der Waals surface area (Å²) in [7, 11) is 1.82. The number of hydrogen-bond acceptors (Lipinski definition) is 3. The van der Waals surface area contributed by atoms with Crippen LogP contribution in [0.5, 0.6) is 0 Å². The van der Waals surface area contributed by atoms with Crippen LogP contribution in [0.15, 0.2) is 73.2 Å². The molecule has 2 aromatic heterocycles. The summed E-state index contributed by atoms with van der Waals surface area (Å²) in [6.45, 7) is 5.31. The maximum Gasteiger partial charge on any atom is 0.257 e. The van der Waals surface area contributed by atoms with Crippen molar-refractivity contribution in [2.75, 3.05) is 7.05 Å². The molecular formula is C25H27N5O. The smallest absolute Gasteiger partial charge is 0.257 e. The van der Waals surface area contributed by atoms with Crippen LogP contribution in [0.1, 0.15) is 39.7 Å². The number of carbonyl (C=O) groups is 1. The minimum atomic E-state index is -0.0361. The topological polar surface area (TPSA) is 56.0 Å². The fraction of sp³-hybridized carbons (Fsp3) is 0.240. The summed E-state index contributed by atoms with van der Waals surface area (Å²) in [6, 6.07) is 18.4. The Morgan fingerprint density at radius 1 is 0.968 bits per heavy atom. The zero-order valence-corrected chi connectivity index (χ0v) is 18.2. The third-order valence-electron chi connectivity index (χ3n) is 5.35. The second-order valence-corrected chi connectivity index (χ2v) is 7.80. The van der Waals surface area contributed by atoms with E-state index in [0.717, 1.165) is 23.4 Å². The molecule has 4 rings (SSSR count). The largest absolute Gasteiger partial charge is 0.337 e. The molecule has 0 atom stereocenters. The first kappa shape index (κ1) is 20.6. The van der Waals surface area contributed by atoms with Crippen molar-refractivity contribution >= 4 is 5.91 Å². The number of benzene rings is 2. The van der Waals surface area contributed by atoms with Gasteiger partial charge in [0.25, 0.3) is 5.91 Å². The summed E-state index contributed by atoms with van der Waals surface area (Å²) in [5.41, 5.74) is 5.90. The van der Waals surface area contributed by atoms with Crippen molar-refractivity contribution in [3.05, 3.63) is 101 Å². The Morgan fingerprint density at radius 3 is 2.42 bits per heavy atom. The zero-order valence-electron chi connectivity index (χ0n) is 18.2. The number of amides is 1. The van der Waals surface area contributed by atoms with Gasteiger partial charge >= 0.3 is 0 Å². The average Bonchev–Trinajstić information content (AvgIpc) is 3.41. The molecule has 6 heteroatoms. The third kappa shape index (κ3) is 4.58. The quantitative estimate of drug-likeness (QED) is 0.455. The lowest BCUT2D eigenvalue weighted by Gasteiger charge is -2.16. The lowest BCUT2D eigenvalue weighted by atomic mass is 10.1. The molecule has 0 saturated heterocycles. The van der Waals surface area contributed by atoms with Crippen LogP contribution in [-0.2, 0) is 19.5 Å². The Hall–Kier alpha value is -3.67. The van der Waals surface area contributed by atoms with E-state index in [1.54, 1.807) is 11.1 Å². The summed E-state index contributed by atoms with van der Waals surface area (Å²) in [4.78, 5) is 14.9. The number of carbonyl (C=O) groups excluding carboxylic acids is 1. The van der Waals surface area contributed by atoms with E-state index < -0.39 is 0 Å². The maximum absolute atomic E-state index is 13.2. The average molecular weight is 414 g/mol. The highest BCUT2D eigenvalue weighted by molar-refractivity contribution is 5.95. The van der Waals surface area contributed by atoms with Gasteiger partial charge in [-0.3, -0.25) is 9.48 Å². The first-order chi connectivity index (χ1) is 15.0. The van der Waals surface area contributed by atoms with E-state index in [9.17, 15) is 4.79 Å². The van der Waals surface area contributed by atoms with Crippen LogP contribution in [0.3, 0.4) is 0 Å². The lowest BCUT2D eigenvalue weighted by molar-refractivity contribution is 0.0784. The molecule has 4 aromatic rings. The molecule has 0 bridgehead atoms. The molecule has 158 valence electrons. The Morgan fingerprint density at radius 2 is 1.71 bits per heavy atom. The molecule has 0 spiro atoms. The van der Waals surface area contributed by atoms with Crippen LogP contribution in [0.25, 0.3) is 5.69 Å². The normalized spacial score (nSPS) is 10.9. The third-order valence-corrected chi connectivity index (χ3v) is 5.35. The van der Waals surface area contributed by atoms with Gasteiger partial charge in [0, 0.05) is 25.4 Å². The van der Waals surface area contributed by atoms with Crippen LogP contribution in [0, 0.1) is 6.92 Å². The van der Waals surface area contributed by atoms with E-state index in [1.807, 2.05) is 66.1 Å². The van der Waals surface area contributed by atoms with Gasteiger partial charge in [-0.2, -0.15) is 10.2 Å². The van der Waals surface area contributed by atoms with Crippen molar-refractivity contribution < 1.29 is 4.79 Å². The molecule has 6 nitrogen and oxygen atoms in total. The van der Waals surface area contributed by atoms with Crippen LogP contribution in [-0.4, -0.2) is 37.4 Å². The van der Waals surface area contributed by atoms with E-state index in [4.69, 9.17) is 0 Å². The molecular weight excluding hydrogens is 386 g/mol. The molecule has 0 radical (unpaired) electrons. The highest BCUT2D eigenvalue weighted by atomic mass is 16.2. The lowest BCUT2D eigenvalue weighted by Crippen LogP contribution is -2.26. The Labute approximate surface area is 182 Å². The van der Waals surface area contributed by atoms with E-state index in [-0.39, 0.29) is 5.91 Å². The van der Waals surface area contributed by atoms with E-state index in [1.165, 1.54) is 11.1 Å². The predicted molar refractivity (Wildman–Crippen MR) is 121 cm³/mol. The first-order valence-corrected chi connectivity index (χ1v) is 10.5. The van der Waals surface area contributed by atoms with Crippen LogP contribution in [0.2, 0.25) is 0 Å². The highest BCUT2D eigenvalue weighted by Crippen LogP contribution is 2.18. The first-order valence-electron chi connectivity index (χ1n) is 10.5. The van der Waals surface area contributed by atoms with Crippen molar-refractivity contribution in [3.8, 4) is 5.69 Å². The van der Waals surface area contributed by atoms with Gasteiger partial charge in [-0.25, -0.2) is 4.68 Å². The summed E-state index contributed by atoms with van der Waals surface area (Å²) < 4.78 is 3.76. The van der Waals surface area contributed by atoms with Crippen molar-refractivity contribution in [1.29, 1.82) is 0 Å². The molecule has 0 saturated carbocycles. The van der Waals surface area contributed by atoms with Crippen molar-refractivity contribution in [2.24, 2.45) is 0 Å². The Balaban J connectivity index is 1.48. The van der Waals surface area contributed by atoms with Gasteiger partial charge < -0.3 is 4.90 Å². The van der Waals surface area contributed by atoms with E-state index in [2.05, 4.69) is 41.4 Å². The van der Waals surface area contributed by atoms with Gasteiger partial charge in [-0.15, -0.1) is 0 Å². The second-order valence-electron chi connectivity index (χ2n) is 7.80. The van der Waals surface area contributed by atoms with E-state index >= 15 is 0 Å². The minimum Gasteiger partial charge on any atom is -0.337 e. The van der Waals surface area contributed by atoms with Crippen molar-refractivity contribution in [2.45, 2.75) is 33.4 Å². The second kappa shape index (κ2) is 9.00. The minimum absolute atomic E-state index is 0.0361. The van der Waals surface area contributed by atoms with Crippen LogP contribution < -0.4 is 0 Å². The SMILES string of the molecule is CCc1c(C(=O)N(C)Cc2cnn(Cc3ccccc3)c2)cnn1-c1ccc(C)cc1. The Kier molecular flexibility index (Phi) is 5.98. The molecule has 2 heterocycles. The van der Waals surface area contributed by atoms with Gasteiger partial charge in [0.2, 0.25) is 0 Å². The molecule has 0 unspecified atom stereocenters. The van der Waals surface area contributed by atoms with Crippen LogP contribution in [0.4, 0.5) is 0 Å². The molecule has 31 heavy (non-hydrogen) atoms. The molecule has 0 fully saturated rings. The van der Waals surface area contributed by atoms with Gasteiger partial charge in [-0.1, -0.05) is 55.0 Å². The number of hydrogen-bond donors (Lipinski definition) is 0. The fourth-order valence-corrected chi connectivity index (χ4v) is 3.70. The van der Waals surface area contributed by atoms with Gasteiger partial charge in [-0.05, 0) is 31.0 Å². The number of nitrogens with zero attached hydrogens (tertiary/aromatic N) is 5. The molecule has 0 aliphatic rings. The number of aromatic nitrogens is 4. The molecule has 0 N–H and O–H groups in total. The van der Waals surface area contributed by atoms with Crippen molar-refractivity contribution in [1.82, 2.24) is 24.5 Å². The van der Waals surface area contributed by atoms with Crippen LogP contribution >= 0.6 is 0 Å². The Bertz CT molecular complexity index is 1160. The summed E-state index contributed by atoms with van der Waals surface area (Å²) >= 11 is 0. The molecule has 2 aromatic carbocycles. The van der Waals surface area contributed by atoms with Gasteiger partial charge in [0.05, 0.1) is 35.9 Å². The maximum atomic E-state index is 13.2. The summed E-state index contributed by atoms with van der Waals surface area (Å²) in [6.07, 6.45) is 6.21. The molecule has 0 aliphatic carbocycles. The standard InChI is InChI=1S/C25H27N5O/c1-4-24-23(15-27-30(24)22-12-10-19(2)11-13-22)25(31)28(3)16-21-14-26-29(18-21)17-20-8-6-5-7-9-20/h5-15,18H,4,16-17H2,1-3H3. The monoisotopic (exact) mass is 413 g/mol. The zero-order chi connectivity index (χ0) is 21.8. The molecule has 0 aliphatic heterocycles. The fourth-order valence-electron chi connectivity index (χ4n) is 3.70. The van der Waals surface area contributed by atoms with Crippen molar-refractivity contribution in [3.63, 3.8) is 0 Å². The van der Waals surface area contributed by atoms with Gasteiger partial charge in [0.1, 0.15) is 0 Å². The summed E-state index contributed by atoms with van der Waals surface area (Å²) in [5.74, 6) is -0.0361. The highest BCUT2D eigenvalue weighted by Gasteiger charge is 2.21. The summed E-state index contributed by atoms with van der Waals surface area (Å²) in [5, 5.41) is 8.94.